The molecule has 0 bridgehead atoms. The molecule has 0 aromatic heterocycles. The minimum atomic E-state index is -0.349. The zero-order valence-corrected chi connectivity index (χ0v) is 19.3. The third-order valence-corrected chi connectivity index (χ3v) is 6.56. The zero-order chi connectivity index (χ0) is 23.0. The van der Waals surface area contributed by atoms with Gasteiger partial charge in [0.05, 0.1) is 11.7 Å². The number of aryl methyl sites for hydroxylation is 1. The SMILES string of the molecule is Cc1ccc(NC(=O)Nc2ccccc2)cc1NC(=O)c1ccccc1SCC1CCCO1. The third kappa shape index (κ3) is 6.37. The Morgan fingerprint density at radius 3 is 2.48 bits per heavy atom. The fraction of sp³-hybridized carbons (Fsp3) is 0.231. The molecular formula is C26H27N3O3S. The van der Waals surface area contributed by atoms with Crippen LogP contribution in [0.25, 0.3) is 0 Å². The highest BCUT2D eigenvalue weighted by molar-refractivity contribution is 7.99. The number of nitrogens with one attached hydrogen (secondary N) is 3. The number of rotatable bonds is 7. The maximum absolute atomic E-state index is 13.1. The Bertz CT molecular complexity index is 1110. The van der Waals surface area contributed by atoms with Crippen LogP contribution in [-0.4, -0.2) is 30.4 Å². The molecule has 1 unspecified atom stereocenters. The lowest BCUT2D eigenvalue weighted by Crippen LogP contribution is -2.20. The van der Waals surface area contributed by atoms with Crippen molar-refractivity contribution in [2.45, 2.75) is 30.8 Å². The number of hydrogen-bond donors (Lipinski definition) is 3. The summed E-state index contributed by atoms with van der Waals surface area (Å²) >= 11 is 1.65. The summed E-state index contributed by atoms with van der Waals surface area (Å²) in [5, 5.41) is 8.60. The number of amides is 3. The second kappa shape index (κ2) is 11.0. The van der Waals surface area contributed by atoms with E-state index in [1.54, 1.807) is 23.9 Å². The summed E-state index contributed by atoms with van der Waals surface area (Å²) in [6.45, 7) is 2.74. The van der Waals surface area contributed by atoms with Gasteiger partial charge in [0.15, 0.2) is 0 Å². The maximum Gasteiger partial charge on any atom is 0.323 e. The standard InChI is InChI=1S/C26H27N3O3S/c1-18-13-14-20(28-26(31)27-19-8-3-2-4-9-19)16-23(18)29-25(30)22-11-5-6-12-24(22)33-17-21-10-7-15-32-21/h2-6,8-9,11-14,16,21H,7,10,15,17H2,1H3,(H,29,30)(H2,27,28,31). The highest BCUT2D eigenvalue weighted by Gasteiger charge is 2.18. The van der Waals surface area contributed by atoms with E-state index in [1.807, 2.05) is 67.6 Å². The van der Waals surface area contributed by atoms with Crippen LogP contribution < -0.4 is 16.0 Å². The Kier molecular flexibility index (Phi) is 7.65. The molecule has 170 valence electrons. The van der Waals surface area contributed by atoms with E-state index in [2.05, 4.69) is 16.0 Å². The quantitative estimate of drug-likeness (QED) is 0.368. The van der Waals surface area contributed by atoms with Crippen LogP contribution in [0.4, 0.5) is 21.9 Å². The molecule has 3 amide bonds. The second-order valence-electron chi connectivity index (χ2n) is 7.87. The van der Waals surface area contributed by atoms with Crippen LogP contribution >= 0.6 is 11.8 Å². The van der Waals surface area contributed by atoms with E-state index in [1.165, 1.54) is 0 Å². The molecule has 1 aliphatic rings. The van der Waals surface area contributed by atoms with E-state index in [-0.39, 0.29) is 18.0 Å². The first-order chi connectivity index (χ1) is 16.1. The predicted molar refractivity (Wildman–Crippen MR) is 134 cm³/mol. The fourth-order valence-corrected chi connectivity index (χ4v) is 4.70. The van der Waals surface area contributed by atoms with Gasteiger partial charge >= 0.3 is 6.03 Å². The summed E-state index contributed by atoms with van der Waals surface area (Å²) in [4.78, 5) is 26.4. The number of para-hydroxylation sites is 1. The first kappa shape index (κ1) is 22.9. The monoisotopic (exact) mass is 461 g/mol. The predicted octanol–water partition coefficient (Wildman–Crippen LogP) is 6.16. The van der Waals surface area contributed by atoms with Crippen molar-refractivity contribution in [2.75, 3.05) is 28.3 Å². The van der Waals surface area contributed by atoms with E-state index in [4.69, 9.17) is 4.74 Å². The van der Waals surface area contributed by atoms with Crippen LogP contribution in [0.2, 0.25) is 0 Å². The van der Waals surface area contributed by atoms with Crippen molar-refractivity contribution in [2.24, 2.45) is 0 Å². The number of anilines is 3. The van der Waals surface area contributed by atoms with Crippen LogP contribution in [0.5, 0.6) is 0 Å². The van der Waals surface area contributed by atoms with Crippen molar-refractivity contribution in [1.82, 2.24) is 0 Å². The minimum absolute atomic E-state index is 0.181. The number of ether oxygens (including phenoxy) is 1. The fourth-order valence-electron chi connectivity index (χ4n) is 3.58. The number of benzene rings is 3. The lowest BCUT2D eigenvalue weighted by Gasteiger charge is -2.14. The summed E-state index contributed by atoms with van der Waals surface area (Å²) in [6, 6.07) is 21.9. The average molecular weight is 462 g/mol. The number of carbonyl (C=O) groups is 2. The van der Waals surface area contributed by atoms with Crippen LogP contribution in [0.1, 0.15) is 28.8 Å². The molecule has 33 heavy (non-hydrogen) atoms. The summed E-state index contributed by atoms with van der Waals surface area (Å²) in [5.41, 5.74) is 3.47. The first-order valence-electron chi connectivity index (χ1n) is 11.0. The summed E-state index contributed by atoms with van der Waals surface area (Å²) in [5.74, 6) is 0.652. The van der Waals surface area contributed by atoms with Crippen molar-refractivity contribution >= 4 is 40.8 Å². The molecule has 1 aliphatic heterocycles. The first-order valence-corrected chi connectivity index (χ1v) is 12.0. The van der Waals surface area contributed by atoms with Gasteiger partial charge in [0.1, 0.15) is 0 Å². The highest BCUT2D eigenvalue weighted by atomic mass is 32.2. The molecule has 7 heteroatoms. The zero-order valence-electron chi connectivity index (χ0n) is 18.5. The molecule has 6 nitrogen and oxygen atoms in total. The van der Waals surface area contributed by atoms with Crippen molar-refractivity contribution in [1.29, 1.82) is 0 Å². The van der Waals surface area contributed by atoms with E-state index >= 15 is 0 Å². The normalized spacial score (nSPS) is 15.1. The van der Waals surface area contributed by atoms with Gasteiger partial charge in [-0.15, -0.1) is 11.8 Å². The van der Waals surface area contributed by atoms with E-state index < -0.39 is 0 Å². The molecule has 0 spiro atoms. The van der Waals surface area contributed by atoms with Crippen molar-refractivity contribution < 1.29 is 14.3 Å². The van der Waals surface area contributed by atoms with Gasteiger partial charge < -0.3 is 20.7 Å². The minimum Gasteiger partial charge on any atom is -0.377 e. The largest absolute Gasteiger partial charge is 0.377 e. The summed E-state index contributed by atoms with van der Waals surface area (Å²) < 4.78 is 5.71. The van der Waals surface area contributed by atoms with Crippen molar-refractivity contribution in [3.05, 3.63) is 83.9 Å². The van der Waals surface area contributed by atoms with Gasteiger partial charge in [0, 0.05) is 34.3 Å². The van der Waals surface area contributed by atoms with Crippen molar-refractivity contribution in [3.63, 3.8) is 0 Å². The Labute approximate surface area is 198 Å². The molecular weight excluding hydrogens is 434 g/mol. The van der Waals surface area contributed by atoms with Crippen molar-refractivity contribution in [3.8, 4) is 0 Å². The van der Waals surface area contributed by atoms with Crippen LogP contribution in [0.3, 0.4) is 0 Å². The molecule has 3 aromatic rings. The highest BCUT2D eigenvalue weighted by Crippen LogP contribution is 2.28. The Morgan fingerprint density at radius 2 is 1.70 bits per heavy atom. The number of hydrogen-bond acceptors (Lipinski definition) is 4. The Morgan fingerprint density at radius 1 is 0.939 bits per heavy atom. The van der Waals surface area contributed by atoms with Gasteiger partial charge in [-0.25, -0.2) is 4.79 Å². The van der Waals surface area contributed by atoms with Crippen LogP contribution in [-0.2, 0) is 4.74 Å². The topological polar surface area (TPSA) is 79.5 Å². The molecule has 1 atom stereocenters. The number of thioether (sulfide) groups is 1. The van der Waals surface area contributed by atoms with Crippen LogP contribution in [0, 0.1) is 6.92 Å². The number of urea groups is 1. The average Bonchev–Trinajstić information content (AvgIpc) is 3.34. The van der Waals surface area contributed by atoms with Gasteiger partial charge in [-0.1, -0.05) is 36.4 Å². The lowest BCUT2D eigenvalue weighted by atomic mass is 10.1. The van der Waals surface area contributed by atoms with E-state index in [0.29, 0.717) is 22.6 Å². The summed E-state index contributed by atoms with van der Waals surface area (Å²) in [7, 11) is 0. The smallest absolute Gasteiger partial charge is 0.323 e. The van der Waals surface area contributed by atoms with Gasteiger partial charge in [-0.2, -0.15) is 0 Å². The molecule has 0 saturated carbocycles. The molecule has 1 heterocycles. The van der Waals surface area contributed by atoms with Crippen LogP contribution in [0.15, 0.2) is 77.7 Å². The molecule has 4 rings (SSSR count). The van der Waals surface area contributed by atoms with E-state index in [0.717, 1.165) is 35.7 Å². The Hall–Kier alpha value is -3.29. The molecule has 0 aliphatic carbocycles. The lowest BCUT2D eigenvalue weighted by molar-refractivity contribution is 0.102. The maximum atomic E-state index is 13.1. The molecule has 1 saturated heterocycles. The number of carbonyl (C=O) groups excluding carboxylic acids is 2. The molecule has 3 aromatic carbocycles. The van der Waals surface area contributed by atoms with Gasteiger partial charge in [-0.05, 0) is 61.7 Å². The molecule has 0 radical (unpaired) electrons. The van der Waals surface area contributed by atoms with E-state index in [9.17, 15) is 9.59 Å². The molecule has 1 fully saturated rings. The van der Waals surface area contributed by atoms with Gasteiger partial charge in [0.25, 0.3) is 5.91 Å². The van der Waals surface area contributed by atoms with Gasteiger partial charge in [-0.3, -0.25) is 4.79 Å². The Balaban J connectivity index is 1.42. The molecule has 3 N–H and O–H groups in total. The second-order valence-corrected chi connectivity index (χ2v) is 8.93. The summed E-state index contributed by atoms with van der Waals surface area (Å²) in [6.07, 6.45) is 2.41. The third-order valence-electron chi connectivity index (χ3n) is 5.36. The van der Waals surface area contributed by atoms with Gasteiger partial charge in [0.2, 0.25) is 0 Å².